The molecular weight excluding hydrogens is 380 g/mol. The van der Waals surface area contributed by atoms with Crippen molar-refractivity contribution in [1.29, 1.82) is 0 Å². The van der Waals surface area contributed by atoms with E-state index in [4.69, 9.17) is 18.9 Å². The van der Waals surface area contributed by atoms with Gasteiger partial charge >= 0.3 is 17.9 Å². The van der Waals surface area contributed by atoms with Crippen LogP contribution in [0.5, 0.6) is 0 Å². The maximum atomic E-state index is 12.4. The summed E-state index contributed by atoms with van der Waals surface area (Å²) in [7, 11) is 0. The van der Waals surface area contributed by atoms with E-state index in [9.17, 15) is 19.5 Å². The Hall–Kier alpha value is -3.23. The van der Waals surface area contributed by atoms with Crippen LogP contribution in [0.4, 0.5) is 0 Å². The lowest BCUT2D eigenvalue weighted by Crippen LogP contribution is -2.41. The Morgan fingerprint density at radius 2 is 1.41 bits per heavy atom. The van der Waals surface area contributed by atoms with E-state index in [2.05, 4.69) is 0 Å². The molecule has 1 fully saturated rings. The van der Waals surface area contributed by atoms with Gasteiger partial charge < -0.3 is 24.1 Å². The molecule has 0 bridgehead atoms. The minimum Gasteiger partial charge on any atom is -0.459 e. The number of hydrogen-bond acceptors (Lipinski definition) is 8. The molecule has 0 amide bonds. The molecule has 8 nitrogen and oxygen atoms in total. The lowest BCUT2D eigenvalue weighted by Gasteiger charge is -2.22. The molecule has 2 aromatic carbocycles. The number of rotatable bonds is 6. The summed E-state index contributed by atoms with van der Waals surface area (Å²) >= 11 is 0. The summed E-state index contributed by atoms with van der Waals surface area (Å²) in [6.45, 7) is 0.848. The number of hydrogen-bond donors (Lipinski definition) is 1. The molecule has 2 aromatic rings. The van der Waals surface area contributed by atoms with Gasteiger partial charge in [-0.1, -0.05) is 36.4 Å². The summed E-state index contributed by atoms with van der Waals surface area (Å²) in [5, 5.41) is 10.1. The van der Waals surface area contributed by atoms with Crippen molar-refractivity contribution in [3.05, 3.63) is 71.8 Å². The van der Waals surface area contributed by atoms with Crippen LogP contribution in [0.2, 0.25) is 0 Å². The SMILES string of the molecule is CC(=O)OC1C(O)OC(COC(=O)c2ccccc2)C1OC(=O)c1ccccc1. The van der Waals surface area contributed by atoms with Crippen LogP contribution in [-0.4, -0.2) is 54.2 Å². The highest BCUT2D eigenvalue weighted by Gasteiger charge is 2.49. The first-order valence-electron chi connectivity index (χ1n) is 8.94. The van der Waals surface area contributed by atoms with Crippen molar-refractivity contribution in [2.75, 3.05) is 6.61 Å². The third kappa shape index (κ3) is 5.18. The lowest BCUT2D eigenvalue weighted by atomic mass is 10.1. The molecular formula is C21H20O8. The van der Waals surface area contributed by atoms with Gasteiger partial charge in [0.05, 0.1) is 11.1 Å². The van der Waals surface area contributed by atoms with Gasteiger partial charge in [0.15, 0.2) is 18.5 Å². The molecule has 1 heterocycles. The molecule has 1 aliphatic heterocycles. The van der Waals surface area contributed by atoms with E-state index in [-0.39, 0.29) is 12.2 Å². The fraction of sp³-hybridized carbons (Fsp3) is 0.286. The number of carbonyl (C=O) groups excluding carboxylic acids is 3. The van der Waals surface area contributed by atoms with Crippen molar-refractivity contribution >= 4 is 17.9 Å². The minimum atomic E-state index is -1.53. The number of aliphatic hydroxyl groups excluding tert-OH is 1. The molecule has 3 rings (SSSR count). The van der Waals surface area contributed by atoms with Crippen molar-refractivity contribution in [2.24, 2.45) is 0 Å². The highest BCUT2D eigenvalue weighted by Crippen LogP contribution is 2.27. The van der Waals surface area contributed by atoms with E-state index in [1.54, 1.807) is 60.7 Å². The first-order valence-corrected chi connectivity index (χ1v) is 8.94. The zero-order valence-electron chi connectivity index (χ0n) is 15.6. The topological polar surface area (TPSA) is 108 Å². The highest BCUT2D eigenvalue weighted by molar-refractivity contribution is 5.90. The van der Waals surface area contributed by atoms with Crippen LogP contribution in [0, 0.1) is 0 Å². The quantitative estimate of drug-likeness (QED) is 0.577. The molecule has 4 atom stereocenters. The first kappa shape index (κ1) is 20.5. The molecule has 1 N–H and O–H groups in total. The van der Waals surface area contributed by atoms with Crippen LogP contribution in [-0.2, 0) is 23.7 Å². The van der Waals surface area contributed by atoms with E-state index in [1.165, 1.54) is 0 Å². The van der Waals surface area contributed by atoms with E-state index >= 15 is 0 Å². The molecule has 1 aliphatic rings. The number of aliphatic hydroxyl groups is 1. The summed E-state index contributed by atoms with van der Waals surface area (Å²) in [5.41, 5.74) is 0.607. The summed E-state index contributed by atoms with van der Waals surface area (Å²) in [5.74, 6) is -1.97. The van der Waals surface area contributed by atoms with Crippen LogP contribution >= 0.6 is 0 Å². The molecule has 0 aliphatic carbocycles. The molecule has 0 radical (unpaired) electrons. The van der Waals surface area contributed by atoms with Gasteiger partial charge in [-0.2, -0.15) is 0 Å². The van der Waals surface area contributed by atoms with Crippen LogP contribution in [0.1, 0.15) is 27.6 Å². The van der Waals surface area contributed by atoms with Crippen LogP contribution < -0.4 is 0 Å². The maximum absolute atomic E-state index is 12.4. The third-order valence-electron chi connectivity index (χ3n) is 4.23. The predicted molar refractivity (Wildman–Crippen MR) is 98.8 cm³/mol. The van der Waals surface area contributed by atoms with E-state index in [0.717, 1.165) is 6.92 Å². The zero-order valence-corrected chi connectivity index (χ0v) is 15.6. The monoisotopic (exact) mass is 400 g/mol. The highest BCUT2D eigenvalue weighted by atomic mass is 16.7. The van der Waals surface area contributed by atoms with Crippen molar-refractivity contribution in [3.63, 3.8) is 0 Å². The smallest absolute Gasteiger partial charge is 0.338 e. The summed E-state index contributed by atoms with van der Waals surface area (Å²) < 4.78 is 21.1. The third-order valence-corrected chi connectivity index (χ3v) is 4.23. The number of carbonyl (C=O) groups is 3. The molecule has 152 valence electrons. The van der Waals surface area contributed by atoms with Crippen molar-refractivity contribution in [1.82, 2.24) is 0 Å². The van der Waals surface area contributed by atoms with Gasteiger partial charge in [0.1, 0.15) is 12.7 Å². The van der Waals surface area contributed by atoms with E-state index < -0.39 is 42.5 Å². The average molecular weight is 400 g/mol. The summed E-state index contributed by atoms with van der Waals surface area (Å²) in [6, 6.07) is 16.5. The molecule has 0 spiro atoms. The van der Waals surface area contributed by atoms with Crippen LogP contribution in [0.25, 0.3) is 0 Å². The Balaban J connectivity index is 1.72. The lowest BCUT2D eigenvalue weighted by molar-refractivity contribution is -0.170. The Kier molecular flexibility index (Phi) is 6.58. The molecule has 4 unspecified atom stereocenters. The van der Waals surface area contributed by atoms with Gasteiger partial charge in [-0.05, 0) is 24.3 Å². The Morgan fingerprint density at radius 3 is 1.97 bits per heavy atom. The first-order chi connectivity index (χ1) is 14.0. The normalized spacial score (nSPS) is 23.2. The molecule has 8 heteroatoms. The van der Waals surface area contributed by atoms with Gasteiger partial charge in [0, 0.05) is 6.92 Å². The van der Waals surface area contributed by atoms with E-state index in [0.29, 0.717) is 5.56 Å². The maximum Gasteiger partial charge on any atom is 0.338 e. The van der Waals surface area contributed by atoms with E-state index in [1.807, 2.05) is 0 Å². The summed E-state index contributed by atoms with van der Waals surface area (Å²) in [4.78, 5) is 36.0. The zero-order chi connectivity index (χ0) is 20.8. The summed E-state index contributed by atoms with van der Waals surface area (Å²) in [6.07, 6.45) is -4.96. The van der Waals surface area contributed by atoms with Crippen LogP contribution in [0.3, 0.4) is 0 Å². The fourth-order valence-electron chi connectivity index (χ4n) is 2.88. The average Bonchev–Trinajstić information content (AvgIpc) is 3.01. The molecule has 1 saturated heterocycles. The molecule has 0 aromatic heterocycles. The minimum absolute atomic E-state index is 0.274. The number of benzene rings is 2. The second-order valence-corrected chi connectivity index (χ2v) is 6.34. The van der Waals surface area contributed by atoms with Crippen molar-refractivity contribution < 1.29 is 38.4 Å². The van der Waals surface area contributed by atoms with Crippen LogP contribution in [0.15, 0.2) is 60.7 Å². The largest absolute Gasteiger partial charge is 0.459 e. The Bertz CT molecular complexity index is 851. The van der Waals surface area contributed by atoms with Gasteiger partial charge in [0.25, 0.3) is 0 Å². The second kappa shape index (κ2) is 9.31. The number of esters is 3. The molecule has 29 heavy (non-hydrogen) atoms. The van der Waals surface area contributed by atoms with Gasteiger partial charge in [-0.25, -0.2) is 9.59 Å². The second-order valence-electron chi connectivity index (χ2n) is 6.34. The van der Waals surface area contributed by atoms with Gasteiger partial charge in [0.2, 0.25) is 0 Å². The van der Waals surface area contributed by atoms with Gasteiger partial charge in [-0.3, -0.25) is 4.79 Å². The van der Waals surface area contributed by atoms with Crippen molar-refractivity contribution in [3.8, 4) is 0 Å². The Labute approximate surface area is 167 Å². The van der Waals surface area contributed by atoms with Gasteiger partial charge in [-0.15, -0.1) is 0 Å². The number of ether oxygens (including phenoxy) is 4. The standard InChI is InChI=1S/C21H20O8/c1-13(22)27-18-17(29-20(24)15-10-6-3-7-11-15)16(28-21(18)25)12-26-19(23)14-8-4-2-5-9-14/h2-11,16-18,21,25H,12H2,1H3. The van der Waals surface area contributed by atoms with Crippen molar-refractivity contribution in [2.45, 2.75) is 31.5 Å². The molecule has 0 saturated carbocycles. The Morgan fingerprint density at radius 1 is 0.862 bits per heavy atom. The predicted octanol–water partition coefficient (Wildman–Crippen LogP) is 1.72. The fourth-order valence-corrected chi connectivity index (χ4v) is 2.88.